The molecule has 2 aromatic heterocycles. The Morgan fingerprint density at radius 2 is 1.69 bits per heavy atom. The highest BCUT2D eigenvalue weighted by Gasteiger charge is 2.34. The number of aromatic nitrogens is 4. The minimum atomic E-state index is -4.63. The average molecular weight is 439 g/mol. The van der Waals surface area contributed by atoms with Gasteiger partial charge >= 0.3 is 6.18 Å². The smallest absolute Gasteiger partial charge is 0.417 e. The molecule has 3 N–H and O–H groups in total. The number of fused-ring (bicyclic) bond motifs is 2. The number of aromatic hydroxyl groups is 1. The van der Waals surface area contributed by atoms with Crippen LogP contribution in [0.3, 0.4) is 0 Å². The fraction of sp³-hybridized carbons (Fsp3) is 0.0455. The lowest BCUT2D eigenvalue weighted by Gasteiger charge is -2.14. The van der Waals surface area contributed by atoms with E-state index in [9.17, 15) is 22.7 Å². The van der Waals surface area contributed by atoms with Crippen LogP contribution >= 0.6 is 0 Å². The minimum Gasteiger partial charge on any atom is -0.506 e. The Morgan fingerprint density at radius 3 is 2.50 bits per heavy atom. The molecule has 0 bridgehead atoms. The summed E-state index contributed by atoms with van der Waals surface area (Å²) in [7, 11) is 0. The van der Waals surface area contributed by atoms with Crippen LogP contribution in [-0.4, -0.2) is 25.3 Å². The van der Waals surface area contributed by atoms with E-state index in [2.05, 4.69) is 25.5 Å². The molecule has 0 aliphatic carbocycles. The maximum atomic E-state index is 13.7. The highest BCUT2D eigenvalue weighted by Crippen LogP contribution is 2.38. The van der Waals surface area contributed by atoms with Gasteiger partial charge in [0.05, 0.1) is 11.1 Å². The van der Waals surface area contributed by atoms with Gasteiger partial charge in [-0.3, -0.25) is 5.10 Å². The van der Waals surface area contributed by atoms with Crippen molar-refractivity contribution in [3.8, 4) is 17.1 Å². The highest BCUT2D eigenvalue weighted by atomic mass is 19.4. The van der Waals surface area contributed by atoms with E-state index in [-0.39, 0.29) is 34.3 Å². The number of halogens is 4. The van der Waals surface area contributed by atoms with Crippen molar-refractivity contribution in [3.05, 3.63) is 72.0 Å². The standard InChI is InChI=1S/C22H13F4N5O/c23-11-8-9-16-14(10-11)21(31-30-16)29-20-13-5-3-7-17(32)18(13)27-19(28-20)12-4-1-2-6-15(12)22(24,25)26/h1-10,32H,(H2,27,28,29,30,31). The molecule has 0 unspecified atom stereocenters. The number of H-pyrrole nitrogens is 1. The second-order valence-corrected chi connectivity index (χ2v) is 7.00. The molecule has 0 fully saturated rings. The van der Waals surface area contributed by atoms with Crippen LogP contribution in [0.15, 0.2) is 60.7 Å². The van der Waals surface area contributed by atoms with E-state index in [4.69, 9.17) is 0 Å². The number of hydrogen-bond donors (Lipinski definition) is 3. The van der Waals surface area contributed by atoms with Crippen molar-refractivity contribution >= 4 is 33.4 Å². The van der Waals surface area contributed by atoms with Gasteiger partial charge in [-0.25, -0.2) is 14.4 Å². The predicted octanol–water partition coefficient (Wildman–Crippen LogP) is 5.78. The molecule has 0 saturated carbocycles. The van der Waals surface area contributed by atoms with Crippen molar-refractivity contribution in [1.82, 2.24) is 20.2 Å². The molecule has 5 aromatic rings. The van der Waals surface area contributed by atoms with Crippen LogP contribution in [-0.2, 0) is 6.18 Å². The van der Waals surface area contributed by atoms with Crippen LogP contribution in [0.2, 0.25) is 0 Å². The van der Waals surface area contributed by atoms with Gasteiger partial charge in [-0.05, 0) is 36.4 Å². The summed E-state index contributed by atoms with van der Waals surface area (Å²) in [6.45, 7) is 0. The number of rotatable bonds is 3. The van der Waals surface area contributed by atoms with E-state index >= 15 is 0 Å². The zero-order chi connectivity index (χ0) is 22.5. The number of phenolic OH excluding ortho intramolecular Hbond substituents is 1. The summed E-state index contributed by atoms with van der Waals surface area (Å²) < 4.78 is 54.5. The van der Waals surface area contributed by atoms with Gasteiger partial charge in [0.25, 0.3) is 0 Å². The fourth-order valence-corrected chi connectivity index (χ4v) is 3.47. The molecule has 0 radical (unpaired) electrons. The quantitative estimate of drug-likeness (QED) is 0.310. The molecule has 3 aromatic carbocycles. The van der Waals surface area contributed by atoms with Crippen LogP contribution < -0.4 is 5.32 Å². The molecule has 32 heavy (non-hydrogen) atoms. The van der Waals surface area contributed by atoms with Gasteiger partial charge in [0.15, 0.2) is 11.6 Å². The van der Waals surface area contributed by atoms with Crippen molar-refractivity contribution in [3.63, 3.8) is 0 Å². The van der Waals surface area contributed by atoms with Gasteiger partial charge in [-0.1, -0.05) is 24.3 Å². The Balaban J connectivity index is 1.73. The van der Waals surface area contributed by atoms with E-state index in [1.165, 1.54) is 42.5 Å². The monoisotopic (exact) mass is 439 g/mol. The first kappa shape index (κ1) is 19.7. The van der Waals surface area contributed by atoms with E-state index < -0.39 is 17.6 Å². The molecule has 0 spiro atoms. The van der Waals surface area contributed by atoms with E-state index in [1.807, 2.05) is 0 Å². The lowest BCUT2D eigenvalue weighted by molar-refractivity contribution is -0.137. The third kappa shape index (κ3) is 3.35. The molecular formula is C22H13F4N5O. The zero-order valence-corrected chi connectivity index (χ0v) is 16.1. The molecule has 0 aliphatic heterocycles. The lowest BCUT2D eigenvalue weighted by Crippen LogP contribution is -2.09. The molecule has 160 valence electrons. The predicted molar refractivity (Wildman–Crippen MR) is 111 cm³/mol. The van der Waals surface area contributed by atoms with Crippen LogP contribution in [0.5, 0.6) is 5.75 Å². The fourth-order valence-electron chi connectivity index (χ4n) is 3.47. The molecule has 0 amide bonds. The van der Waals surface area contributed by atoms with Crippen LogP contribution in [0.1, 0.15) is 5.56 Å². The van der Waals surface area contributed by atoms with Crippen LogP contribution in [0.25, 0.3) is 33.2 Å². The van der Waals surface area contributed by atoms with Gasteiger partial charge in [-0.2, -0.15) is 18.3 Å². The molecule has 0 atom stereocenters. The highest BCUT2D eigenvalue weighted by molar-refractivity contribution is 5.98. The van der Waals surface area contributed by atoms with E-state index in [1.54, 1.807) is 12.1 Å². The third-order valence-electron chi connectivity index (χ3n) is 4.94. The molecule has 6 nitrogen and oxygen atoms in total. The summed E-state index contributed by atoms with van der Waals surface area (Å²) in [5.41, 5.74) is -0.542. The van der Waals surface area contributed by atoms with Gasteiger partial charge < -0.3 is 10.4 Å². The van der Waals surface area contributed by atoms with Crippen molar-refractivity contribution in [2.75, 3.05) is 5.32 Å². The maximum Gasteiger partial charge on any atom is 0.417 e. The number of hydrogen-bond acceptors (Lipinski definition) is 5. The molecule has 2 heterocycles. The Labute approximate surface area is 177 Å². The summed E-state index contributed by atoms with van der Waals surface area (Å²) in [6, 6.07) is 13.5. The number of alkyl halides is 3. The largest absolute Gasteiger partial charge is 0.506 e. The van der Waals surface area contributed by atoms with E-state index in [0.29, 0.717) is 16.3 Å². The second kappa shape index (κ2) is 7.19. The Hall–Kier alpha value is -4.21. The van der Waals surface area contributed by atoms with Crippen molar-refractivity contribution in [2.24, 2.45) is 0 Å². The first-order valence-electron chi connectivity index (χ1n) is 9.38. The van der Waals surface area contributed by atoms with Gasteiger partial charge in [0.2, 0.25) is 0 Å². The minimum absolute atomic E-state index is 0.0583. The first-order valence-corrected chi connectivity index (χ1v) is 9.38. The second-order valence-electron chi connectivity index (χ2n) is 7.00. The first-order chi connectivity index (χ1) is 15.3. The number of aromatic amines is 1. The third-order valence-corrected chi connectivity index (χ3v) is 4.94. The SMILES string of the molecule is Oc1cccc2c(Nc3n[nH]c4ccc(F)cc34)nc(-c3ccccc3C(F)(F)F)nc12. The molecule has 0 saturated heterocycles. The maximum absolute atomic E-state index is 13.7. The topological polar surface area (TPSA) is 86.7 Å². The average Bonchev–Trinajstić information content (AvgIpc) is 3.15. The summed E-state index contributed by atoms with van der Waals surface area (Å²) in [6.07, 6.45) is -4.63. The summed E-state index contributed by atoms with van der Waals surface area (Å²) >= 11 is 0. The number of phenols is 1. The Morgan fingerprint density at radius 1 is 0.875 bits per heavy atom. The van der Waals surface area contributed by atoms with Crippen molar-refractivity contribution in [1.29, 1.82) is 0 Å². The van der Waals surface area contributed by atoms with E-state index in [0.717, 1.165) is 6.07 Å². The summed E-state index contributed by atoms with van der Waals surface area (Å²) in [4.78, 5) is 8.51. The Kier molecular flexibility index (Phi) is 4.43. The van der Waals surface area contributed by atoms with Crippen molar-refractivity contribution in [2.45, 2.75) is 6.18 Å². The van der Waals surface area contributed by atoms with Gasteiger partial charge in [0, 0.05) is 16.3 Å². The van der Waals surface area contributed by atoms with Crippen LogP contribution in [0.4, 0.5) is 29.2 Å². The molecule has 10 heteroatoms. The number of benzene rings is 3. The number of nitrogens with one attached hydrogen (secondary N) is 2. The van der Waals surface area contributed by atoms with Gasteiger partial charge in [-0.15, -0.1) is 0 Å². The van der Waals surface area contributed by atoms with Gasteiger partial charge in [0.1, 0.15) is 22.9 Å². The molecular weight excluding hydrogens is 426 g/mol. The Bertz CT molecular complexity index is 1480. The number of para-hydroxylation sites is 1. The van der Waals surface area contributed by atoms with Crippen LogP contribution in [0, 0.1) is 5.82 Å². The zero-order valence-electron chi connectivity index (χ0n) is 16.1. The summed E-state index contributed by atoms with van der Waals surface area (Å²) in [5.74, 6) is -0.613. The lowest BCUT2D eigenvalue weighted by atomic mass is 10.1. The van der Waals surface area contributed by atoms with Crippen molar-refractivity contribution < 1.29 is 22.7 Å². The molecule has 0 aliphatic rings. The number of anilines is 2. The summed E-state index contributed by atoms with van der Waals surface area (Å²) in [5, 5.41) is 20.9. The molecule has 5 rings (SSSR count). The number of nitrogens with zero attached hydrogens (tertiary/aromatic N) is 3. The normalized spacial score (nSPS) is 11.9.